The van der Waals surface area contributed by atoms with Crippen molar-refractivity contribution in [2.45, 2.75) is 58.7 Å². The molecular weight excluding hydrogens is 490 g/mol. The number of carbonyl (C=O) groups is 4. The maximum Gasteiger partial charge on any atom is 0.243 e. The summed E-state index contributed by atoms with van der Waals surface area (Å²) in [7, 11) is 0. The highest BCUT2D eigenvalue weighted by Crippen LogP contribution is 2.65. The fraction of sp³-hybridized carbons (Fsp3) is 0.593. The molecule has 3 fully saturated rings. The van der Waals surface area contributed by atoms with E-state index in [0.29, 0.717) is 24.5 Å². The van der Waals surface area contributed by atoms with Crippen LogP contribution in [0.3, 0.4) is 0 Å². The molecule has 4 N–H and O–H groups in total. The van der Waals surface area contributed by atoms with Crippen molar-refractivity contribution >= 4 is 45.1 Å². The molecule has 9 nitrogen and oxygen atoms in total. The van der Waals surface area contributed by atoms with E-state index >= 15 is 0 Å². The van der Waals surface area contributed by atoms with Gasteiger partial charge in [0.15, 0.2) is 5.01 Å². The summed E-state index contributed by atoms with van der Waals surface area (Å²) in [6.45, 7) is 9.03. The molecule has 1 aromatic carbocycles. The monoisotopic (exact) mass is 525 g/mol. The second-order valence-corrected chi connectivity index (χ2v) is 12.6. The third kappa shape index (κ3) is 4.54. The summed E-state index contributed by atoms with van der Waals surface area (Å²) in [4.78, 5) is 59.2. The lowest BCUT2D eigenvalue weighted by Crippen LogP contribution is -2.57. The third-order valence-electron chi connectivity index (χ3n) is 8.58. The van der Waals surface area contributed by atoms with Crippen LogP contribution >= 0.6 is 11.3 Å². The molecule has 3 heterocycles. The molecule has 0 bridgehead atoms. The SMILES string of the molecule is CC(C)[C@H](N)C(=O)N1C[C@H]2[C@@H]([C@H]1C(=O)N[C@@H](C[C@@H]1CCNC1=O)C(=O)c1nc3ccccc3s1)C2(C)C. The fourth-order valence-corrected chi connectivity index (χ4v) is 7.02. The lowest BCUT2D eigenvalue weighted by atomic mass is 9.94. The van der Waals surface area contributed by atoms with Crippen molar-refractivity contribution in [3.05, 3.63) is 29.3 Å². The van der Waals surface area contributed by atoms with Crippen LogP contribution in [0.2, 0.25) is 0 Å². The first-order valence-corrected chi connectivity index (χ1v) is 13.9. The van der Waals surface area contributed by atoms with Crippen molar-refractivity contribution in [3.8, 4) is 0 Å². The second-order valence-electron chi connectivity index (χ2n) is 11.6. The Morgan fingerprint density at radius 2 is 2.00 bits per heavy atom. The zero-order valence-electron chi connectivity index (χ0n) is 21.7. The van der Waals surface area contributed by atoms with Crippen LogP contribution in [-0.4, -0.2) is 64.6 Å². The van der Waals surface area contributed by atoms with Crippen LogP contribution in [0.15, 0.2) is 24.3 Å². The molecule has 10 heteroatoms. The van der Waals surface area contributed by atoms with Crippen LogP contribution < -0.4 is 16.4 Å². The van der Waals surface area contributed by atoms with Crippen molar-refractivity contribution in [2.75, 3.05) is 13.1 Å². The molecule has 2 saturated heterocycles. The molecule has 0 spiro atoms. The summed E-state index contributed by atoms with van der Waals surface area (Å²) in [5.41, 5.74) is 6.84. The van der Waals surface area contributed by atoms with E-state index < -0.39 is 18.1 Å². The maximum atomic E-state index is 13.8. The lowest BCUT2D eigenvalue weighted by Gasteiger charge is -2.33. The number of para-hydroxylation sites is 1. The molecule has 1 saturated carbocycles. The number of ketones is 1. The average Bonchev–Trinajstić information content (AvgIpc) is 3.38. The number of fused-ring (bicyclic) bond motifs is 2. The summed E-state index contributed by atoms with van der Waals surface area (Å²) in [6, 6.07) is 5.18. The van der Waals surface area contributed by atoms with Gasteiger partial charge in [-0.1, -0.05) is 39.8 Å². The normalized spacial score (nSPS) is 27.6. The standard InChI is InChI=1S/C27H35N5O4S/c1-13(2)20(28)26(36)32-12-15-19(27(15,3)4)21(32)24(35)30-17(11-14-9-10-29-23(14)34)22(33)25-31-16-7-5-6-8-18(16)37-25/h5-8,13-15,17,19-21H,9-12,28H2,1-4H3,(H,29,34)(H,30,35)/t14-,15-,17-,19-,20-,21-/m0/s1. The van der Waals surface area contributed by atoms with Gasteiger partial charge in [-0.3, -0.25) is 19.2 Å². The van der Waals surface area contributed by atoms with Crippen LogP contribution in [0, 0.1) is 29.1 Å². The number of hydrogen-bond acceptors (Lipinski definition) is 7. The van der Waals surface area contributed by atoms with Gasteiger partial charge in [0, 0.05) is 19.0 Å². The minimum atomic E-state index is -0.918. The minimum Gasteiger partial charge on any atom is -0.356 e. The van der Waals surface area contributed by atoms with Gasteiger partial charge in [0.05, 0.1) is 22.3 Å². The van der Waals surface area contributed by atoms with Crippen molar-refractivity contribution in [1.29, 1.82) is 0 Å². The van der Waals surface area contributed by atoms with Gasteiger partial charge >= 0.3 is 0 Å². The van der Waals surface area contributed by atoms with Crippen molar-refractivity contribution in [2.24, 2.45) is 34.8 Å². The van der Waals surface area contributed by atoms with Crippen LogP contribution in [-0.2, 0) is 14.4 Å². The Labute approximate surface area is 220 Å². The van der Waals surface area contributed by atoms with E-state index in [-0.39, 0.29) is 59.0 Å². The molecule has 1 aromatic heterocycles. The molecule has 37 heavy (non-hydrogen) atoms. The van der Waals surface area contributed by atoms with E-state index in [1.54, 1.807) is 4.90 Å². The first-order chi connectivity index (χ1) is 17.5. The number of hydrogen-bond donors (Lipinski definition) is 3. The molecule has 0 radical (unpaired) electrons. The number of nitrogens with zero attached hydrogens (tertiary/aromatic N) is 2. The molecule has 1 aliphatic carbocycles. The van der Waals surface area contributed by atoms with Crippen LogP contribution in [0.4, 0.5) is 0 Å². The minimum absolute atomic E-state index is 0.00351. The molecule has 2 aliphatic heterocycles. The quantitative estimate of drug-likeness (QED) is 0.451. The van der Waals surface area contributed by atoms with Crippen LogP contribution in [0.1, 0.15) is 50.3 Å². The summed E-state index contributed by atoms with van der Waals surface area (Å²) in [6.07, 6.45) is 0.795. The number of thiazole rings is 1. The molecule has 3 aliphatic rings. The van der Waals surface area contributed by atoms with Gasteiger partial charge in [-0.05, 0) is 48.1 Å². The van der Waals surface area contributed by atoms with Gasteiger partial charge in [-0.15, -0.1) is 11.3 Å². The van der Waals surface area contributed by atoms with Gasteiger partial charge < -0.3 is 21.3 Å². The Hall–Kier alpha value is -2.85. The number of benzene rings is 1. The summed E-state index contributed by atoms with van der Waals surface area (Å²) >= 11 is 1.28. The molecule has 5 rings (SSSR count). The average molecular weight is 526 g/mol. The number of nitrogens with two attached hydrogens (primary N) is 1. The number of carbonyl (C=O) groups excluding carboxylic acids is 4. The Morgan fingerprint density at radius 1 is 1.27 bits per heavy atom. The summed E-state index contributed by atoms with van der Waals surface area (Å²) < 4.78 is 0.882. The number of piperidine rings is 1. The van der Waals surface area contributed by atoms with Gasteiger partial charge in [0.25, 0.3) is 0 Å². The zero-order valence-corrected chi connectivity index (χ0v) is 22.5. The highest BCUT2D eigenvalue weighted by molar-refractivity contribution is 7.20. The predicted octanol–water partition coefficient (Wildman–Crippen LogP) is 1.96. The number of Topliss-reactive ketones (excluding diaryl/α,β-unsaturated/α-hetero) is 1. The molecular formula is C27H35N5O4S. The Balaban J connectivity index is 1.42. The molecule has 6 atom stereocenters. The molecule has 3 amide bonds. The number of aromatic nitrogens is 1. The maximum absolute atomic E-state index is 13.8. The zero-order chi connectivity index (χ0) is 26.6. The molecule has 2 aromatic rings. The Kier molecular flexibility index (Phi) is 6.60. The topological polar surface area (TPSA) is 134 Å². The smallest absolute Gasteiger partial charge is 0.243 e. The van der Waals surface area contributed by atoms with Crippen LogP contribution in [0.25, 0.3) is 10.2 Å². The van der Waals surface area contributed by atoms with E-state index in [1.165, 1.54) is 11.3 Å². The second kappa shape index (κ2) is 9.47. The summed E-state index contributed by atoms with van der Waals surface area (Å²) in [5.74, 6) is -1.23. The van der Waals surface area contributed by atoms with Gasteiger partial charge in [0.1, 0.15) is 6.04 Å². The predicted molar refractivity (Wildman–Crippen MR) is 141 cm³/mol. The number of amides is 3. The van der Waals surface area contributed by atoms with Gasteiger partial charge in [-0.2, -0.15) is 0 Å². The fourth-order valence-electron chi connectivity index (χ4n) is 6.06. The number of likely N-dealkylation sites (tertiary alicyclic amines) is 1. The Morgan fingerprint density at radius 3 is 2.65 bits per heavy atom. The number of rotatable bonds is 8. The van der Waals surface area contributed by atoms with Gasteiger partial charge in [0.2, 0.25) is 23.5 Å². The third-order valence-corrected chi connectivity index (χ3v) is 9.64. The number of nitrogens with one attached hydrogen (secondary N) is 2. The van der Waals surface area contributed by atoms with E-state index in [1.807, 2.05) is 38.1 Å². The largest absolute Gasteiger partial charge is 0.356 e. The van der Waals surface area contributed by atoms with Crippen molar-refractivity contribution in [3.63, 3.8) is 0 Å². The van der Waals surface area contributed by atoms with E-state index in [0.717, 1.165) is 10.2 Å². The first kappa shape index (κ1) is 25.8. The van der Waals surface area contributed by atoms with E-state index in [2.05, 4.69) is 29.5 Å². The highest BCUT2D eigenvalue weighted by atomic mass is 32.1. The molecule has 0 unspecified atom stereocenters. The van der Waals surface area contributed by atoms with Crippen molar-refractivity contribution in [1.82, 2.24) is 20.5 Å². The first-order valence-electron chi connectivity index (χ1n) is 13.0. The van der Waals surface area contributed by atoms with Gasteiger partial charge in [-0.25, -0.2) is 4.98 Å². The van der Waals surface area contributed by atoms with Crippen molar-refractivity contribution < 1.29 is 19.2 Å². The highest BCUT2D eigenvalue weighted by Gasteiger charge is 2.69. The Bertz CT molecular complexity index is 1220. The van der Waals surface area contributed by atoms with E-state index in [9.17, 15) is 19.2 Å². The van der Waals surface area contributed by atoms with Crippen LogP contribution in [0.5, 0.6) is 0 Å². The molecule has 198 valence electrons. The van der Waals surface area contributed by atoms with E-state index in [4.69, 9.17) is 5.73 Å². The summed E-state index contributed by atoms with van der Waals surface area (Å²) in [5, 5.41) is 6.07. The lowest BCUT2D eigenvalue weighted by molar-refractivity contribution is -0.142.